The smallest absolute Gasteiger partial charge is 0.135 e. The molecule has 3 saturated carbocycles. The van der Waals surface area contributed by atoms with Gasteiger partial charge in [-0.25, -0.2) is 0 Å². The largest absolute Gasteiger partial charge is 0.299 e. The second-order valence-corrected chi connectivity index (χ2v) is 7.90. The van der Waals surface area contributed by atoms with Crippen molar-refractivity contribution in [2.45, 2.75) is 71.6 Å². The molecule has 0 amide bonds. The molecule has 108 valence electrons. The highest BCUT2D eigenvalue weighted by atomic mass is 16.1. The molecule has 3 fully saturated rings. The summed E-state index contributed by atoms with van der Waals surface area (Å²) >= 11 is 0. The molecule has 3 aliphatic carbocycles. The van der Waals surface area contributed by atoms with Crippen LogP contribution in [0.4, 0.5) is 0 Å². The molecule has 1 nitrogen and oxygen atoms in total. The molecule has 0 radical (unpaired) electrons. The van der Waals surface area contributed by atoms with Crippen molar-refractivity contribution in [3.63, 3.8) is 0 Å². The molecule has 0 aromatic rings. The van der Waals surface area contributed by atoms with Crippen molar-refractivity contribution in [1.82, 2.24) is 0 Å². The van der Waals surface area contributed by atoms with Crippen LogP contribution in [0, 0.1) is 35.5 Å². The summed E-state index contributed by atoms with van der Waals surface area (Å²) in [6, 6.07) is 0. The summed E-state index contributed by atoms with van der Waals surface area (Å²) in [5.74, 6) is 5.61. The van der Waals surface area contributed by atoms with Crippen molar-refractivity contribution in [1.29, 1.82) is 0 Å². The molecule has 0 saturated heterocycles. The second kappa shape index (κ2) is 5.58. The van der Waals surface area contributed by atoms with Gasteiger partial charge in [0.15, 0.2) is 0 Å². The third-order valence-electron chi connectivity index (χ3n) is 6.50. The monoisotopic (exact) mass is 262 g/mol. The number of Topliss-reactive ketones (excluding diaryl/α,β-unsaturated/α-hetero) is 1. The Labute approximate surface area is 118 Å². The molecule has 0 aliphatic heterocycles. The SMILES string of the molecule is CC1CCC(C(=O)CCC2CCC3CC3C2)CC1C. The number of carbonyl (C=O) groups excluding carboxylic acids is 1. The molecule has 19 heavy (non-hydrogen) atoms. The fraction of sp³-hybridized carbons (Fsp3) is 0.944. The van der Waals surface area contributed by atoms with Gasteiger partial charge in [0, 0.05) is 12.3 Å². The van der Waals surface area contributed by atoms with Crippen LogP contribution in [0.15, 0.2) is 0 Å². The van der Waals surface area contributed by atoms with Crippen LogP contribution in [0.3, 0.4) is 0 Å². The van der Waals surface area contributed by atoms with E-state index >= 15 is 0 Å². The number of hydrogen-bond donors (Lipinski definition) is 0. The predicted molar refractivity (Wildman–Crippen MR) is 78.8 cm³/mol. The lowest BCUT2D eigenvalue weighted by Gasteiger charge is -2.31. The van der Waals surface area contributed by atoms with Gasteiger partial charge in [-0.15, -0.1) is 0 Å². The van der Waals surface area contributed by atoms with Gasteiger partial charge in [0.25, 0.3) is 0 Å². The molecular weight excluding hydrogens is 232 g/mol. The molecule has 1 heteroatoms. The van der Waals surface area contributed by atoms with Crippen molar-refractivity contribution >= 4 is 5.78 Å². The Morgan fingerprint density at radius 2 is 1.74 bits per heavy atom. The summed E-state index contributed by atoms with van der Waals surface area (Å²) < 4.78 is 0. The average Bonchev–Trinajstić information content (AvgIpc) is 3.17. The van der Waals surface area contributed by atoms with Crippen LogP contribution < -0.4 is 0 Å². The van der Waals surface area contributed by atoms with Crippen LogP contribution in [-0.2, 0) is 4.79 Å². The lowest BCUT2D eigenvalue weighted by Crippen LogP contribution is -2.26. The van der Waals surface area contributed by atoms with Crippen LogP contribution in [0.1, 0.15) is 71.6 Å². The highest BCUT2D eigenvalue weighted by Crippen LogP contribution is 2.52. The predicted octanol–water partition coefficient (Wildman–Crippen LogP) is 4.84. The molecule has 6 unspecified atom stereocenters. The minimum Gasteiger partial charge on any atom is -0.299 e. The number of carbonyl (C=O) groups is 1. The van der Waals surface area contributed by atoms with Crippen molar-refractivity contribution in [3.8, 4) is 0 Å². The second-order valence-electron chi connectivity index (χ2n) is 7.90. The molecular formula is C18H30O. The van der Waals surface area contributed by atoms with E-state index in [9.17, 15) is 4.79 Å². The molecule has 0 heterocycles. The fourth-order valence-corrected chi connectivity index (χ4v) is 4.60. The summed E-state index contributed by atoms with van der Waals surface area (Å²) in [5.41, 5.74) is 0. The van der Waals surface area contributed by atoms with Gasteiger partial charge in [-0.1, -0.05) is 20.3 Å². The Bertz CT molecular complexity index is 335. The molecule has 0 aromatic heterocycles. The van der Waals surface area contributed by atoms with Crippen LogP contribution >= 0.6 is 0 Å². The highest BCUT2D eigenvalue weighted by Gasteiger charge is 2.41. The van der Waals surface area contributed by atoms with E-state index < -0.39 is 0 Å². The van der Waals surface area contributed by atoms with Gasteiger partial charge in [-0.05, 0) is 74.5 Å². The minimum absolute atomic E-state index is 0.406. The lowest BCUT2D eigenvalue weighted by molar-refractivity contribution is -0.125. The lowest BCUT2D eigenvalue weighted by atomic mass is 9.73. The van der Waals surface area contributed by atoms with Gasteiger partial charge in [0.2, 0.25) is 0 Å². The van der Waals surface area contributed by atoms with Crippen LogP contribution in [-0.4, -0.2) is 5.78 Å². The van der Waals surface area contributed by atoms with Crippen molar-refractivity contribution in [3.05, 3.63) is 0 Å². The first kappa shape index (κ1) is 13.6. The van der Waals surface area contributed by atoms with E-state index in [-0.39, 0.29) is 0 Å². The number of rotatable bonds is 4. The van der Waals surface area contributed by atoms with Crippen LogP contribution in [0.25, 0.3) is 0 Å². The van der Waals surface area contributed by atoms with Gasteiger partial charge in [0.1, 0.15) is 5.78 Å². The highest BCUT2D eigenvalue weighted by molar-refractivity contribution is 5.81. The van der Waals surface area contributed by atoms with Gasteiger partial charge in [-0.3, -0.25) is 4.79 Å². The summed E-state index contributed by atoms with van der Waals surface area (Å²) in [6.45, 7) is 4.68. The first-order chi connectivity index (χ1) is 9.13. The summed E-state index contributed by atoms with van der Waals surface area (Å²) in [4.78, 5) is 12.4. The normalized spacial score (nSPS) is 45.6. The first-order valence-corrected chi connectivity index (χ1v) is 8.66. The van der Waals surface area contributed by atoms with E-state index in [1.54, 1.807) is 0 Å². The first-order valence-electron chi connectivity index (χ1n) is 8.66. The minimum atomic E-state index is 0.406. The van der Waals surface area contributed by atoms with E-state index in [2.05, 4.69) is 13.8 Å². The van der Waals surface area contributed by atoms with Gasteiger partial charge in [-0.2, -0.15) is 0 Å². The standard InChI is InChI=1S/C18H30O/c1-12-3-6-16(9-13(12)2)18(19)8-5-14-4-7-15-11-17(15)10-14/h12-17H,3-11H2,1-2H3. The fourth-order valence-electron chi connectivity index (χ4n) is 4.60. The van der Waals surface area contributed by atoms with Crippen molar-refractivity contribution in [2.24, 2.45) is 35.5 Å². The molecule has 0 bridgehead atoms. The quantitative estimate of drug-likeness (QED) is 0.708. The average molecular weight is 262 g/mol. The molecule has 3 aliphatic rings. The van der Waals surface area contributed by atoms with Crippen molar-refractivity contribution < 1.29 is 4.79 Å². The Balaban J connectivity index is 1.41. The maximum atomic E-state index is 12.4. The molecule has 0 N–H and O–H groups in total. The van der Waals surface area contributed by atoms with E-state index in [1.807, 2.05) is 0 Å². The topological polar surface area (TPSA) is 17.1 Å². The Morgan fingerprint density at radius 1 is 0.895 bits per heavy atom. The maximum absolute atomic E-state index is 12.4. The summed E-state index contributed by atoms with van der Waals surface area (Å²) in [6.07, 6.45) is 11.5. The van der Waals surface area contributed by atoms with Gasteiger partial charge >= 0.3 is 0 Å². The van der Waals surface area contributed by atoms with E-state index in [4.69, 9.17) is 0 Å². The zero-order valence-corrected chi connectivity index (χ0v) is 12.7. The van der Waals surface area contributed by atoms with Crippen LogP contribution in [0.5, 0.6) is 0 Å². The molecule has 3 rings (SSSR count). The van der Waals surface area contributed by atoms with Gasteiger partial charge in [0.05, 0.1) is 0 Å². The van der Waals surface area contributed by atoms with E-state index in [1.165, 1.54) is 44.9 Å². The maximum Gasteiger partial charge on any atom is 0.135 e. The number of fused-ring (bicyclic) bond motifs is 1. The van der Waals surface area contributed by atoms with Gasteiger partial charge < -0.3 is 0 Å². The Hall–Kier alpha value is -0.330. The number of hydrogen-bond acceptors (Lipinski definition) is 1. The molecule has 6 atom stereocenters. The zero-order chi connectivity index (χ0) is 13.4. The third kappa shape index (κ3) is 3.23. The Morgan fingerprint density at radius 3 is 2.47 bits per heavy atom. The van der Waals surface area contributed by atoms with Crippen molar-refractivity contribution in [2.75, 3.05) is 0 Å². The zero-order valence-electron chi connectivity index (χ0n) is 12.7. The van der Waals surface area contributed by atoms with E-state index in [0.717, 1.165) is 42.4 Å². The van der Waals surface area contributed by atoms with Crippen LogP contribution in [0.2, 0.25) is 0 Å². The molecule has 0 aromatic carbocycles. The summed E-state index contributed by atoms with van der Waals surface area (Å²) in [5, 5.41) is 0. The summed E-state index contributed by atoms with van der Waals surface area (Å²) in [7, 11) is 0. The Kier molecular flexibility index (Phi) is 4.01. The third-order valence-corrected chi connectivity index (χ3v) is 6.50. The van der Waals surface area contributed by atoms with E-state index in [0.29, 0.717) is 11.7 Å². The molecule has 0 spiro atoms. The number of ketones is 1.